The number of ether oxygens (including phenoxy) is 1. The zero-order valence-corrected chi connectivity index (χ0v) is 10.9. The lowest BCUT2D eigenvalue weighted by atomic mass is 9.94. The summed E-state index contributed by atoms with van der Waals surface area (Å²) in [5, 5.41) is 0. The molecule has 1 rings (SSSR count). The maximum Gasteiger partial charge on any atom is 0.309 e. The zero-order chi connectivity index (χ0) is 12.0. The van der Waals surface area contributed by atoms with E-state index < -0.39 is 0 Å². The van der Waals surface area contributed by atoms with Gasteiger partial charge in [0.15, 0.2) is 0 Å². The lowest BCUT2D eigenvalue weighted by molar-refractivity contribution is -0.148. The molecular weight excluding hydrogens is 202 g/mol. The minimum Gasteiger partial charge on any atom is -0.466 e. The molecule has 1 atom stereocenters. The molecule has 0 spiro atoms. The molecule has 94 valence electrons. The van der Waals surface area contributed by atoms with Gasteiger partial charge < -0.3 is 9.64 Å². The number of carbonyl (C=O) groups is 1. The monoisotopic (exact) mass is 227 g/mol. The summed E-state index contributed by atoms with van der Waals surface area (Å²) in [5.74, 6) is -0.0722. The van der Waals surface area contributed by atoms with Crippen LogP contribution < -0.4 is 0 Å². The molecule has 1 saturated carbocycles. The third kappa shape index (κ3) is 4.12. The summed E-state index contributed by atoms with van der Waals surface area (Å²) in [6, 6.07) is 0.672. The van der Waals surface area contributed by atoms with Crippen LogP contribution in [0.5, 0.6) is 0 Å². The van der Waals surface area contributed by atoms with E-state index in [4.69, 9.17) is 4.74 Å². The third-order valence-corrected chi connectivity index (χ3v) is 3.45. The summed E-state index contributed by atoms with van der Waals surface area (Å²) in [7, 11) is 2.13. The average molecular weight is 227 g/mol. The fourth-order valence-electron chi connectivity index (χ4n) is 2.46. The second-order valence-corrected chi connectivity index (χ2v) is 4.88. The molecule has 16 heavy (non-hydrogen) atoms. The molecule has 0 amide bonds. The Morgan fingerprint density at radius 3 is 2.56 bits per heavy atom. The van der Waals surface area contributed by atoms with Crippen LogP contribution in [-0.4, -0.2) is 37.1 Å². The van der Waals surface area contributed by atoms with Crippen molar-refractivity contribution >= 4 is 5.97 Å². The number of hydrogen-bond acceptors (Lipinski definition) is 3. The van der Waals surface area contributed by atoms with E-state index in [1.165, 1.54) is 32.1 Å². The minimum absolute atomic E-state index is 0.00752. The van der Waals surface area contributed by atoms with E-state index in [0.717, 1.165) is 6.54 Å². The van der Waals surface area contributed by atoms with Crippen LogP contribution in [0, 0.1) is 5.92 Å². The predicted molar refractivity (Wildman–Crippen MR) is 65.3 cm³/mol. The van der Waals surface area contributed by atoms with E-state index in [0.29, 0.717) is 12.6 Å². The highest BCUT2D eigenvalue weighted by molar-refractivity contribution is 5.72. The normalized spacial score (nSPS) is 19.8. The fraction of sp³-hybridized carbons (Fsp3) is 0.923. The molecule has 0 radical (unpaired) electrons. The van der Waals surface area contributed by atoms with Crippen molar-refractivity contribution in [2.45, 2.75) is 52.0 Å². The topological polar surface area (TPSA) is 29.5 Å². The van der Waals surface area contributed by atoms with Crippen molar-refractivity contribution in [3.05, 3.63) is 0 Å². The van der Waals surface area contributed by atoms with Crippen molar-refractivity contribution in [2.24, 2.45) is 5.92 Å². The van der Waals surface area contributed by atoms with Crippen LogP contribution in [0.15, 0.2) is 0 Å². The van der Waals surface area contributed by atoms with E-state index in [1.54, 1.807) is 0 Å². The summed E-state index contributed by atoms with van der Waals surface area (Å²) >= 11 is 0. The van der Waals surface area contributed by atoms with Gasteiger partial charge in [0.1, 0.15) is 0 Å². The molecule has 1 aliphatic rings. The maximum absolute atomic E-state index is 11.5. The Kier molecular flexibility index (Phi) is 5.81. The largest absolute Gasteiger partial charge is 0.466 e. The second kappa shape index (κ2) is 6.89. The molecule has 0 aromatic rings. The number of hydrogen-bond donors (Lipinski definition) is 0. The van der Waals surface area contributed by atoms with Gasteiger partial charge in [0.2, 0.25) is 0 Å². The SMILES string of the molecule is CCOC(=O)C(C)CN(C)C1CCCCC1. The van der Waals surface area contributed by atoms with Gasteiger partial charge in [0.25, 0.3) is 0 Å². The smallest absolute Gasteiger partial charge is 0.309 e. The first-order chi connectivity index (χ1) is 7.65. The van der Waals surface area contributed by atoms with E-state index >= 15 is 0 Å². The molecule has 0 heterocycles. The van der Waals surface area contributed by atoms with Crippen molar-refractivity contribution in [2.75, 3.05) is 20.2 Å². The second-order valence-electron chi connectivity index (χ2n) is 4.88. The molecule has 0 saturated heterocycles. The molecule has 0 N–H and O–H groups in total. The maximum atomic E-state index is 11.5. The Bertz CT molecular complexity index is 212. The standard InChI is InChI=1S/C13H25NO2/c1-4-16-13(15)11(2)10-14(3)12-8-6-5-7-9-12/h11-12H,4-10H2,1-3H3. The van der Waals surface area contributed by atoms with Crippen LogP contribution in [0.2, 0.25) is 0 Å². The quantitative estimate of drug-likeness (QED) is 0.676. The number of nitrogens with zero attached hydrogens (tertiary/aromatic N) is 1. The highest BCUT2D eigenvalue weighted by Gasteiger charge is 2.22. The first-order valence-electron chi connectivity index (χ1n) is 6.52. The molecule has 0 aliphatic heterocycles. The van der Waals surface area contributed by atoms with Crippen LogP contribution in [0.1, 0.15) is 46.0 Å². The molecule has 0 aromatic heterocycles. The lowest BCUT2D eigenvalue weighted by Gasteiger charge is -2.32. The molecule has 0 aromatic carbocycles. The highest BCUT2D eigenvalue weighted by Crippen LogP contribution is 2.22. The van der Waals surface area contributed by atoms with Gasteiger partial charge in [-0.05, 0) is 26.8 Å². The minimum atomic E-state index is -0.0647. The van der Waals surface area contributed by atoms with E-state index in [-0.39, 0.29) is 11.9 Å². The first kappa shape index (κ1) is 13.5. The Balaban J connectivity index is 2.31. The van der Waals surface area contributed by atoms with Gasteiger partial charge in [-0.25, -0.2) is 0 Å². The summed E-state index contributed by atoms with van der Waals surface area (Å²) < 4.78 is 5.03. The van der Waals surface area contributed by atoms with E-state index in [1.807, 2.05) is 13.8 Å². The van der Waals surface area contributed by atoms with Crippen molar-refractivity contribution < 1.29 is 9.53 Å². The van der Waals surface area contributed by atoms with E-state index in [2.05, 4.69) is 11.9 Å². The Morgan fingerprint density at radius 1 is 1.38 bits per heavy atom. The molecule has 1 unspecified atom stereocenters. The van der Waals surface area contributed by atoms with Gasteiger partial charge in [0, 0.05) is 12.6 Å². The van der Waals surface area contributed by atoms with E-state index in [9.17, 15) is 4.79 Å². The molecular formula is C13H25NO2. The average Bonchev–Trinajstić information content (AvgIpc) is 2.30. The Morgan fingerprint density at radius 2 is 2.00 bits per heavy atom. The van der Waals surface area contributed by atoms with Crippen molar-refractivity contribution in [1.82, 2.24) is 4.90 Å². The van der Waals surface area contributed by atoms with Crippen molar-refractivity contribution in [1.29, 1.82) is 0 Å². The molecule has 0 bridgehead atoms. The Labute approximate surface area is 99.1 Å². The van der Waals surface area contributed by atoms with Gasteiger partial charge >= 0.3 is 5.97 Å². The first-order valence-corrected chi connectivity index (χ1v) is 6.52. The van der Waals surface area contributed by atoms with Gasteiger partial charge in [-0.1, -0.05) is 26.2 Å². The molecule has 3 heteroatoms. The highest BCUT2D eigenvalue weighted by atomic mass is 16.5. The third-order valence-electron chi connectivity index (χ3n) is 3.45. The van der Waals surface area contributed by atoms with Crippen LogP contribution in [-0.2, 0) is 9.53 Å². The van der Waals surface area contributed by atoms with Gasteiger partial charge in [-0.2, -0.15) is 0 Å². The van der Waals surface area contributed by atoms with Crippen LogP contribution in [0.25, 0.3) is 0 Å². The lowest BCUT2D eigenvalue weighted by Crippen LogP contribution is -2.38. The summed E-state index contributed by atoms with van der Waals surface area (Å²) in [4.78, 5) is 13.8. The fourth-order valence-corrected chi connectivity index (χ4v) is 2.46. The van der Waals surface area contributed by atoms with Crippen LogP contribution in [0.4, 0.5) is 0 Å². The molecule has 3 nitrogen and oxygen atoms in total. The van der Waals surface area contributed by atoms with Crippen molar-refractivity contribution in [3.8, 4) is 0 Å². The van der Waals surface area contributed by atoms with Gasteiger partial charge in [0.05, 0.1) is 12.5 Å². The Hall–Kier alpha value is -0.570. The number of carbonyl (C=O) groups excluding carboxylic acids is 1. The van der Waals surface area contributed by atoms with Gasteiger partial charge in [-0.15, -0.1) is 0 Å². The molecule has 1 aliphatic carbocycles. The van der Waals surface area contributed by atoms with Gasteiger partial charge in [-0.3, -0.25) is 4.79 Å². The summed E-state index contributed by atoms with van der Waals surface area (Å²) in [5.41, 5.74) is 0. The molecule has 1 fully saturated rings. The summed E-state index contributed by atoms with van der Waals surface area (Å²) in [6.45, 7) is 5.12. The summed E-state index contributed by atoms with van der Waals surface area (Å²) in [6.07, 6.45) is 6.61. The predicted octanol–water partition coefficient (Wildman–Crippen LogP) is 2.45. The van der Waals surface area contributed by atoms with Crippen LogP contribution >= 0.6 is 0 Å². The van der Waals surface area contributed by atoms with Crippen molar-refractivity contribution in [3.63, 3.8) is 0 Å². The number of esters is 1. The number of rotatable bonds is 5. The zero-order valence-electron chi connectivity index (χ0n) is 10.9. The van der Waals surface area contributed by atoms with Crippen LogP contribution in [0.3, 0.4) is 0 Å².